The number of carboxylic acid groups (broad SMARTS) is 1. The molecule has 0 radical (unpaired) electrons. The number of alkyl halides is 2. The van der Waals surface area contributed by atoms with Crippen LogP contribution in [-0.4, -0.2) is 22.6 Å². The summed E-state index contributed by atoms with van der Waals surface area (Å²) in [5.41, 5.74) is -0.560. The summed E-state index contributed by atoms with van der Waals surface area (Å²) in [6.45, 7) is -3.18. The van der Waals surface area contributed by atoms with E-state index < -0.39 is 35.4 Å². The third-order valence-corrected chi connectivity index (χ3v) is 1.79. The Balaban J connectivity index is 3.08. The molecule has 0 amide bonds. The van der Waals surface area contributed by atoms with Gasteiger partial charge in [-0.2, -0.15) is 8.78 Å². The fourth-order valence-electron chi connectivity index (χ4n) is 1.19. The Morgan fingerprint density at radius 1 is 1.53 bits per heavy atom. The largest absolute Gasteiger partial charge is 0.481 e. The molecule has 0 fully saturated rings. The zero-order chi connectivity index (χ0) is 13.0. The Kier molecular flexibility index (Phi) is 3.91. The first-order valence-corrected chi connectivity index (χ1v) is 4.34. The van der Waals surface area contributed by atoms with E-state index in [-0.39, 0.29) is 5.56 Å². The van der Waals surface area contributed by atoms with Crippen LogP contribution in [0.1, 0.15) is 5.56 Å². The van der Waals surface area contributed by atoms with E-state index in [4.69, 9.17) is 5.11 Å². The van der Waals surface area contributed by atoms with Gasteiger partial charge in [0, 0.05) is 6.07 Å². The number of hydrogen-bond acceptors (Lipinski definition) is 4. The van der Waals surface area contributed by atoms with Crippen molar-refractivity contribution >= 4 is 11.7 Å². The number of carbonyl (C=O) groups is 1. The molecule has 0 aromatic heterocycles. The molecule has 1 rings (SSSR count). The summed E-state index contributed by atoms with van der Waals surface area (Å²) in [7, 11) is 0. The van der Waals surface area contributed by atoms with Gasteiger partial charge in [0.05, 0.1) is 11.3 Å². The summed E-state index contributed by atoms with van der Waals surface area (Å²) < 4.78 is 27.8. The average molecular weight is 247 g/mol. The van der Waals surface area contributed by atoms with E-state index in [1.165, 1.54) is 6.07 Å². The topological polar surface area (TPSA) is 89.7 Å². The van der Waals surface area contributed by atoms with Crippen molar-refractivity contribution in [2.45, 2.75) is 13.0 Å². The van der Waals surface area contributed by atoms with Crippen LogP contribution < -0.4 is 4.74 Å². The molecule has 0 unspecified atom stereocenters. The van der Waals surface area contributed by atoms with Crippen LogP contribution >= 0.6 is 0 Å². The van der Waals surface area contributed by atoms with Crippen molar-refractivity contribution in [1.82, 2.24) is 0 Å². The molecule has 0 bridgehead atoms. The number of nitrogens with zero attached hydrogens (tertiary/aromatic N) is 1. The van der Waals surface area contributed by atoms with Gasteiger partial charge < -0.3 is 9.84 Å². The molecule has 0 heterocycles. The summed E-state index contributed by atoms with van der Waals surface area (Å²) in [4.78, 5) is 20.1. The van der Waals surface area contributed by atoms with Crippen LogP contribution in [0.4, 0.5) is 14.5 Å². The number of ether oxygens (including phenoxy) is 1. The van der Waals surface area contributed by atoms with Gasteiger partial charge in [-0.05, 0) is 11.6 Å². The average Bonchev–Trinajstić information content (AvgIpc) is 2.18. The minimum Gasteiger partial charge on any atom is -0.481 e. The number of carboxylic acids is 1. The van der Waals surface area contributed by atoms with E-state index in [9.17, 15) is 23.7 Å². The Bertz CT molecular complexity index is 449. The molecular weight excluding hydrogens is 240 g/mol. The van der Waals surface area contributed by atoms with Crippen molar-refractivity contribution in [3.8, 4) is 5.75 Å². The van der Waals surface area contributed by atoms with Crippen LogP contribution in [0.3, 0.4) is 0 Å². The molecule has 0 aliphatic carbocycles. The van der Waals surface area contributed by atoms with E-state index in [2.05, 4.69) is 4.74 Å². The quantitative estimate of drug-likeness (QED) is 0.633. The van der Waals surface area contributed by atoms with E-state index in [1.807, 2.05) is 0 Å². The van der Waals surface area contributed by atoms with E-state index in [1.54, 1.807) is 0 Å². The van der Waals surface area contributed by atoms with E-state index >= 15 is 0 Å². The smallest absolute Gasteiger partial charge is 0.387 e. The zero-order valence-corrected chi connectivity index (χ0v) is 8.30. The molecule has 1 aromatic carbocycles. The van der Waals surface area contributed by atoms with Gasteiger partial charge in [0.1, 0.15) is 0 Å². The molecule has 17 heavy (non-hydrogen) atoms. The van der Waals surface area contributed by atoms with E-state index in [0.29, 0.717) is 0 Å². The van der Waals surface area contributed by atoms with Gasteiger partial charge in [-0.1, -0.05) is 6.07 Å². The molecular formula is C9H7F2NO5. The molecule has 0 saturated heterocycles. The third-order valence-electron chi connectivity index (χ3n) is 1.79. The second kappa shape index (κ2) is 5.19. The Morgan fingerprint density at radius 2 is 2.18 bits per heavy atom. The van der Waals surface area contributed by atoms with Crippen LogP contribution in [0.25, 0.3) is 0 Å². The number of benzene rings is 1. The highest BCUT2D eigenvalue weighted by molar-refractivity contribution is 5.71. The van der Waals surface area contributed by atoms with Crippen molar-refractivity contribution < 1.29 is 28.3 Å². The lowest BCUT2D eigenvalue weighted by molar-refractivity contribution is -0.386. The van der Waals surface area contributed by atoms with Gasteiger partial charge in [-0.25, -0.2) is 0 Å². The number of aliphatic carboxylic acids is 1. The standard InChI is InChI=1S/C9H7F2NO5/c10-9(11)17-7-2-1-5(4-8(13)14)3-6(7)12(15)16/h1-3,9H,4H2,(H,13,14). The number of nitro groups is 1. The molecule has 0 spiro atoms. The Hall–Kier alpha value is -2.25. The summed E-state index contributed by atoms with van der Waals surface area (Å²) in [6, 6.07) is 3.02. The minimum atomic E-state index is -3.18. The number of rotatable bonds is 5. The highest BCUT2D eigenvalue weighted by Crippen LogP contribution is 2.29. The maximum Gasteiger partial charge on any atom is 0.387 e. The normalized spacial score (nSPS) is 10.3. The summed E-state index contributed by atoms with van der Waals surface area (Å²) >= 11 is 0. The van der Waals surface area contributed by atoms with Crippen molar-refractivity contribution in [1.29, 1.82) is 0 Å². The minimum absolute atomic E-state index is 0.130. The Labute approximate surface area is 93.6 Å². The maximum atomic E-state index is 11.9. The predicted molar refractivity (Wildman–Crippen MR) is 51.1 cm³/mol. The lowest BCUT2D eigenvalue weighted by Gasteiger charge is -2.06. The van der Waals surface area contributed by atoms with Gasteiger partial charge in [0.2, 0.25) is 5.75 Å². The van der Waals surface area contributed by atoms with Crippen LogP contribution in [0.15, 0.2) is 18.2 Å². The second-order valence-corrected chi connectivity index (χ2v) is 3.01. The van der Waals surface area contributed by atoms with Crippen LogP contribution in [0, 0.1) is 10.1 Å². The van der Waals surface area contributed by atoms with Gasteiger partial charge in [-0.15, -0.1) is 0 Å². The van der Waals surface area contributed by atoms with Crippen LogP contribution in [0.5, 0.6) is 5.75 Å². The monoisotopic (exact) mass is 247 g/mol. The zero-order valence-electron chi connectivity index (χ0n) is 8.30. The SMILES string of the molecule is O=C(O)Cc1ccc(OC(F)F)c([N+](=O)[O-])c1. The summed E-state index contributed by atoms with van der Waals surface area (Å²) in [5.74, 6) is -1.78. The number of halogens is 2. The van der Waals surface area contributed by atoms with E-state index in [0.717, 1.165) is 12.1 Å². The molecule has 0 aliphatic rings. The molecule has 1 N–H and O–H groups in total. The van der Waals surface area contributed by atoms with Crippen molar-refractivity contribution in [2.75, 3.05) is 0 Å². The van der Waals surface area contributed by atoms with Gasteiger partial charge in [0.15, 0.2) is 0 Å². The molecule has 0 aliphatic heterocycles. The molecule has 0 atom stereocenters. The first-order valence-electron chi connectivity index (χ1n) is 4.34. The summed E-state index contributed by atoms with van der Waals surface area (Å²) in [5, 5.41) is 19.1. The van der Waals surface area contributed by atoms with Gasteiger partial charge in [0.25, 0.3) is 0 Å². The molecule has 0 saturated carbocycles. The van der Waals surface area contributed by atoms with Crippen LogP contribution in [-0.2, 0) is 11.2 Å². The van der Waals surface area contributed by atoms with Gasteiger partial charge >= 0.3 is 18.3 Å². The highest BCUT2D eigenvalue weighted by Gasteiger charge is 2.19. The van der Waals surface area contributed by atoms with Crippen LogP contribution in [0.2, 0.25) is 0 Å². The molecule has 6 nitrogen and oxygen atoms in total. The number of nitro benzene ring substituents is 1. The number of hydrogen-bond donors (Lipinski definition) is 1. The first kappa shape index (κ1) is 12.8. The first-order chi connectivity index (χ1) is 7.90. The lowest BCUT2D eigenvalue weighted by Crippen LogP contribution is -2.06. The van der Waals surface area contributed by atoms with Crippen molar-refractivity contribution in [3.05, 3.63) is 33.9 Å². The molecule has 1 aromatic rings. The predicted octanol–water partition coefficient (Wildman–Crippen LogP) is 1.82. The van der Waals surface area contributed by atoms with Crippen molar-refractivity contribution in [2.24, 2.45) is 0 Å². The van der Waals surface area contributed by atoms with Crippen molar-refractivity contribution in [3.63, 3.8) is 0 Å². The lowest BCUT2D eigenvalue weighted by atomic mass is 10.1. The second-order valence-electron chi connectivity index (χ2n) is 3.01. The third kappa shape index (κ3) is 3.67. The summed E-state index contributed by atoms with van der Waals surface area (Å²) in [6.07, 6.45) is -0.435. The van der Waals surface area contributed by atoms with Gasteiger partial charge in [-0.3, -0.25) is 14.9 Å². The molecule has 92 valence electrons. The molecule has 8 heteroatoms. The fraction of sp³-hybridized carbons (Fsp3) is 0.222. The Morgan fingerprint density at radius 3 is 2.65 bits per heavy atom. The fourth-order valence-corrected chi connectivity index (χ4v) is 1.19. The highest BCUT2D eigenvalue weighted by atomic mass is 19.3. The maximum absolute atomic E-state index is 11.9.